The predicted molar refractivity (Wildman–Crippen MR) is 64.5 cm³/mol. The van der Waals surface area contributed by atoms with Crippen LogP contribution in [0.3, 0.4) is 0 Å². The minimum Gasteiger partial charge on any atom is -0.481 e. The van der Waals surface area contributed by atoms with Crippen molar-refractivity contribution in [2.75, 3.05) is 0 Å². The Morgan fingerprint density at radius 3 is 2.44 bits per heavy atom. The van der Waals surface area contributed by atoms with Crippen LogP contribution < -0.4 is 0 Å². The number of carboxylic acid groups (broad SMARTS) is 1. The van der Waals surface area contributed by atoms with Crippen molar-refractivity contribution in [1.82, 2.24) is 9.78 Å². The smallest absolute Gasteiger partial charge is 0.307 e. The lowest BCUT2D eigenvalue weighted by Crippen LogP contribution is -2.02. The van der Waals surface area contributed by atoms with Crippen LogP contribution in [0.1, 0.15) is 21.6 Å². The molecule has 0 radical (unpaired) electrons. The van der Waals surface area contributed by atoms with Crippen LogP contribution in [0.5, 0.6) is 0 Å². The van der Waals surface area contributed by atoms with Gasteiger partial charge < -0.3 is 5.11 Å². The summed E-state index contributed by atoms with van der Waals surface area (Å²) in [7, 11) is 0. The van der Waals surface area contributed by atoms with Crippen LogP contribution in [0.4, 0.5) is 0 Å². The zero-order chi connectivity index (χ0) is 13.0. The van der Waals surface area contributed by atoms with E-state index in [0.29, 0.717) is 18.5 Å². The third-order valence-electron chi connectivity index (χ3n) is 2.50. The summed E-state index contributed by atoms with van der Waals surface area (Å²) >= 11 is 0. The Morgan fingerprint density at radius 2 is 1.89 bits per heavy atom. The number of carbonyl (C=O) groups excluding carboxylic acids is 1. The van der Waals surface area contributed by atoms with Gasteiger partial charge in [0.05, 0.1) is 13.0 Å². The van der Waals surface area contributed by atoms with E-state index in [9.17, 15) is 9.59 Å². The number of aldehydes is 1. The van der Waals surface area contributed by atoms with Crippen LogP contribution in [-0.2, 0) is 17.8 Å². The molecule has 1 N–H and O–H groups in total. The van der Waals surface area contributed by atoms with Crippen LogP contribution in [0.15, 0.2) is 36.5 Å². The Hall–Kier alpha value is -2.43. The second-order valence-electron chi connectivity index (χ2n) is 3.94. The molecule has 0 aliphatic carbocycles. The van der Waals surface area contributed by atoms with Crippen molar-refractivity contribution >= 4 is 12.3 Å². The number of rotatable bonds is 5. The van der Waals surface area contributed by atoms with Crippen molar-refractivity contribution in [1.29, 1.82) is 0 Å². The maximum Gasteiger partial charge on any atom is 0.307 e. The Kier molecular flexibility index (Phi) is 3.52. The molecule has 0 saturated heterocycles. The second kappa shape index (κ2) is 5.27. The molecule has 92 valence electrons. The summed E-state index contributed by atoms with van der Waals surface area (Å²) < 4.78 is 1.66. The highest BCUT2D eigenvalue weighted by atomic mass is 16.4. The summed E-state index contributed by atoms with van der Waals surface area (Å²) in [6, 6.07) is 8.94. The Bertz CT molecular complexity index is 558. The predicted octanol–water partition coefficient (Wildman–Crippen LogP) is 1.37. The van der Waals surface area contributed by atoms with Crippen LogP contribution in [-0.4, -0.2) is 27.1 Å². The summed E-state index contributed by atoms with van der Waals surface area (Å²) in [5.74, 6) is -0.842. The van der Waals surface area contributed by atoms with Crippen molar-refractivity contribution < 1.29 is 14.7 Å². The summed E-state index contributed by atoms with van der Waals surface area (Å²) in [5.41, 5.74) is 2.17. The fourth-order valence-corrected chi connectivity index (χ4v) is 1.65. The number of nitrogens with zero attached hydrogens (tertiary/aromatic N) is 2. The molecule has 0 bridgehead atoms. The topological polar surface area (TPSA) is 72.2 Å². The van der Waals surface area contributed by atoms with Gasteiger partial charge in [-0.05, 0) is 17.2 Å². The standard InChI is InChI=1S/C13H12N2O3/c16-9-12-5-6-15(14-12)8-11-3-1-10(2-4-11)7-13(17)18/h1-6,9H,7-8H2,(H,17,18). The van der Waals surface area contributed by atoms with Gasteiger partial charge in [0.15, 0.2) is 6.29 Å². The average Bonchev–Trinajstić information content (AvgIpc) is 2.79. The van der Waals surface area contributed by atoms with E-state index in [-0.39, 0.29) is 6.42 Å². The van der Waals surface area contributed by atoms with Gasteiger partial charge in [0.1, 0.15) is 5.69 Å². The van der Waals surface area contributed by atoms with Crippen molar-refractivity contribution in [3.8, 4) is 0 Å². The molecule has 0 aliphatic rings. The number of benzene rings is 1. The molecule has 5 nitrogen and oxygen atoms in total. The van der Waals surface area contributed by atoms with Gasteiger partial charge in [-0.1, -0.05) is 24.3 Å². The SMILES string of the molecule is O=Cc1ccn(Cc2ccc(CC(=O)O)cc2)n1. The first-order valence-electron chi connectivity index (χ1n) is 5.45. The molecular weight excluding hydrogens is 232 g/mol. The third kappa shape index (κ3) is 3.04. The molecule has 2 aromatic rings. The quantitative estimate of drug-likeness (QED) is 0.806. The highest BCUT2D eigenvalue weighted by molar-refractivity contribution is 5.71. The molecule has 0 atom stereocenters. The van der Waals surface area contributed by atoms with E-state index in [0.717, 1.165) is 11.1 Å². The lowest BCUT2D eigenvalue weighted by molar-refractivity contribution is -0.136. The van der Waals surface area contributed by atoms with E-state index in [1.807, 2.05) is 12.1 Å². The summed E-state index contributed by atoms with van der Waals surface area (Å²) in [6.07, 6.45) is 2.46. The maximum absolute atomic E-state index is 10.5. The summed E-state index contributed by atoms with van der Waals surface area (Å²) in [5, 5.41) is 12.7. The third-order valence-corrected chi connectivity index (χ3v) is 2.50. The van der Waals surface area contributed by atoms with E-state index in [2.05, 4.69) is 5.10 Å². The van der Waals surface area contributed by atoms with Gasteiger partial charge in [0, 0.05) is 6.20 Å². The molecule has 5 heteroatoms. The second-order valence-corrected chi connectivity index (χ2v) is 3.94. The van der Waals surface area contributed by atoms with Crippen LogP contribution in [0, 0.1) is 0 Å². The zero-order valence-electron chi connectivity index (χ0n) is 9.61. The molecule has 0 saturated carbocycles. The van der Waals surface area contributed by atoms with Crippen molar-refractivity contribution in [3.05, 3.63) is 53.3 Å². The Morgan fingerprint density at radius 1 is 1.22 bits per heavy atom. The van der Waals surface area contributed by atoms with Gasteiger partial charge in [-0.25, -0.2) is 0 Å². The largest absolute Gasteiger partial charge is 0.481 e. The monoisotopic (exact) mass is 244 g/mol. The highest BCUT2D eigenvalue weighted by Gasteiger charge is 2.02. The maximum atomic E-state index is 10.5. The number of hydrogen-bond acceptors (Lipinski definition) is 3. The van der Waals surface area contributed by atoms with E-state index < -0.39 is 5.97 Å². The molecule has 1 aromatic carbocycles. The van der Waals surface area contributed by atoms with E-state index in [1.165, 1.54) is 0 Å². The van der Waals surface area contributed by atoms with Gasteiger partial charge in [-0.2, -0.15) is 5.10 Å². The van der Waals surface area contributed by atoms with Gasteiger partial charge in [-0.3, -0.25) is 14.3 Å². The van der Waals surface area contributed by atoms with Crippen LogP contribution in [0.2, 0.25) is 0 Å². The molecule has 1 heterocycles. The number of carbonyl (C=O) groups is 2. The minimum absolute atomic E-state index is 0.0251. The van der Waals surface area contributed by atoms with E-state index in [4.69, 9.17) is 5.11 Å². The van der Waals surface area contributed by atoms with Crippen molar-refractivity contribution in [3.63, 3.8) is 0 Å². The highest BCUT2D eigenvalue weighted by Crippen LogP contribution is 2.07. The molecule has 1 aromatic heterocycles. The minimum atomic E-state index is -0.842. The first kappa shape index (κ1) is 12.0. The average molecular weight is 244 g/mol. The van der Waals surface area contributed by atoms with Crippen molar-refractivity contribution in [2.45, 2.75) is 13.0 Å². The van der Waals surface area contributed by atoms with Crippen LogP contribution in [0.25, 0.3) is 0 Å². The Labute approximate surface area is 104 Å². The summed E-state index contributed by atoms with van der Waals surface area (Å²) in [4.78, 5) is 21.0. The molecular formula is C13H12N2O3. The normalized spacial score (nSPS) is 10.2. The first-order chi connectivity index (χ1) is 8.67. The zero-order valence-corrected chi connectivity index (χ0v) is 9.61. The molecule has 0 spiro atoms. The van der Waals surface area contributed by atoms with E-state index in [1.54, 1.807) is 29.1 Å². The van der Waals surface area contributed by atoms with Gasteiger partial charge in [0.2, 0.25) is 0 Å². The first-order valence-corrected chi connectivity index (χ1v) is 5.45. The van der Waals surface area contributed by atoms with Gasteiger partial charge in [-0.15, -0.1) is 0 Å². The van der Waals surface area contributed by atoms with Crippen LogP contribution >= 0.6 is 0 Å². The lowest BCUT2D eigenvalue weighted by Gasteiger charge is -2.03. The van der Waals surface area contributed by atoms with Crippen molar-refractivity contribution in [2.24, 2.45) is 0 Å². The fourth-order valence-electron chi connectivity index (χ4n) is 1.65. The number of carboxylic acids is 1. The summed E-state index contributed by atoms with van der Waals surface area (Å²) in [6.45, 7) is 0.557. The number of aliphatic carboxylic acids is 1. The molecule has 0 fully saturated rings. The molecule has 18 heavy (non-hydrogen) atoms. The number of aromatic nitrogens is 2. The molecule has 0 unspecified atom stereocenters. The van der Waals surface area contributed by atoms with Gasteiger partial charge in [0.25, 0.3) is 0 Å². The molecule has 0 aliphatic heterocycles. The molecule has 0 amide bonds. The van der Waals surface area contributed by atoms with E-state index >= 15 is 0 Å². The Balaban J connectivity index is 2.05. The van der Waals surface area contributed by atoms with Gasteiger partial charge >= 0.3 is 5.97 Å². The lowest BCUT2D eigenvalue weighted by atomic mass is 10.1. The number of hydrogen-bond donors (Lipinski definition) is 1. The fraction of sp³-hybridized carbons (Fsp3) is 0.154. The molecule has 2 rings (SSSR count).